The first kappa shape index (κ1) is 21.1. The number of fused-ring (bicyclic) bond motifs is 2. The van der Waals surface area contributed by atoms with Crippen LogP contribution in [0.2, 0.25) is 0 Å². The van der Waals surface area contributed by atoms with Gasteiger partial charge in [0, 0.05) is 41.2 Å². The van der Waals surface area contributed by atoms with E-state index in [1.165, 1.54) is 6.08 Å². The lowest BCUT2D eigenvalue weighted by molar-refractivity contribution is -0.115. The SMILES string of the molecule is CN(C)CCC1=CN=c2ccc(=C3C=CC(=O)C4=C(CCN(C)C)C(=O)N=C43)c(O)c21. The molecule has 1 N–H and O–H groups in total. The van der Waals surface area contributed by atoms with E-state index in [4.69, 9.17) is 0 Å². The first-order valence-electron chi connectivity index (χ1n) is 10.3. The van der Waals surface area contributed by atoms with Crippen LogP contribution >= 0.6 is 0 Å². The molecule has 0 unspecified atom stereocenters. The number of aromatic hydroxyl groups is 1. The minimum Gasteiger partial charge on any atom is -0.507 e. The number of aliphatic imine (C=N–C) groups is 1. The molecular weight excluding hydrogens is 392 g/mol. The quantitative estimate of drug-likeness (QED) is 0.740. The molecule has 0 saturated heterocycles. The third-order valence-electron chi connectivity index (χ3n) is 5.68. The van der Waals surface area contributed by atoms with Gasteiger partial charge in [0.15, 0.2) is 5.78 Å². The number of ketones is 1. The summed E-state index contributed by atoms with van der Waals surface area (Å²) >= 11 is 0. The van der Waals surface area contributed by atoms with E-state index in [0.717, 1.165) is 23.9 Å². The monoisotopic (exact) mass is 418 g/mol. The zero-order chi connectivity index (χ0) is 22.3. The van der Waals surface area contributed by atoms with E-state index in [-0.39, 0.29) is 17.4 Å². The molecule has 1 aliphatic carbocycles. The molecule has 2 aliphatic heterocycles. The standard InChI is InChI=1S/C24H26N4O3/c1-27(2)11-9-14-13-25-18-7-5-16(23(30)20(14)18)15-6-8-19(29)21-17(10-12-28(3)4)24(31)26-22(15)21/h5-8,13,30H,9-12H2,1-4H3. The summed E-state index contributed by atoms with van der Waals surface area (Å²) in [6, 6.07) is 3.63. The summed E-state index contributed by atoms with van der Waals surface area (Å²) in [6.45, 7) is 1.48. The summed E-state index contributed by atoms with van der Waals surface area (Å²) in [5, 5.41) is 12.4. The third-order valence-corrected chi connectivity index (χ3v) is 5.68. The van der Waals surface area contributed by atoms with Gasteiger partial charge >= 0.3 is 0 Å². The van der Waals surface area contributed by atoms with Crippen molar-refractivity contribution in [1.82, 2.24) is 9.80 Å². The van der Waals surface area contributed by atoms with E-state index in [2.05, 4.69) is 14.9 Å². The maximum absolute atomic E-state index is 12.6. The molecule has 0 spiro atoms. The van der Waals surface area contributed by atoms with Crippen LogP contribution in [0.25, 0.3) is 11.1 Å². The second kappa shape index (κ2) is 8.17. The van der Waals surface area contributed by atoms with Crippen LogP contribution in [-0.2, 0) is 9.59 Å². The molecule has 31 heavy (non-hydrogen) atoms. The molecule has 0 aromatic heterocycles. The van der Waals surface area contributed by atoms with Gasteiger partial charge in [-0.1, -0.05) is 0 Å². The number of benzene rings is 1. The van der Waals surface area contributed by atoms with E-state index in [1.807, 2.05) is 39.2 Å². The number of hydrogen-bond acceptors (Lipinski definition) is 6. The molecule has 0 radical (unpaired) electrons. The van der Waals surface area contributed by atoms with Gasteiger partial charge in [-0.2, -0.15) is 0 Å². The molecule has 160 valence electrons. The predicted octanol–water partition coefficient (Wildman–Crippen LogP) is 0.837. The molecule has 1 aromatic carbocycles. The number of carbonyl (C=O) groups excluding carboxylic acids is 2. The molecule has 1 aromatic rings. The van der Waals surface area contributed by atoms with Gasteiger partial charge in [-0.25, -0.2) is 4.99 Å². The van der Waals surface area contributed by atoms with Crippen molar-refractivity contribution >= 4 is 28.5 Å². The molecule has 2 heterocycles. The summed E-state index contributed by atoms with van der Waals surface area (Å²) in [5.74, 6) is -0.484. The fourth-order valence-electron chi connectivity index (χ4n) is 4.01. The number of amides is 1. The molecular formula is C24H26N4O3. The Bertz CT molecular complexity index is 1230. The topological polar surface area (TPSA) is 85.6 Å². The lowest BCUT2D eigenvalue weighted by Crippen LogP contribution is -2.24. The maximum atomic E-state index is 12.6. The van der Waals surface area contributed by atoms with E-state index in [1.54, 1.807) is 18.3 Å². The first-order valence-corrected chi connectivity index (χ1v) is 10.3. The van der Waals surface area contributed by atoms with Gasteiger partial charge in [-0.3, -0.25) is 14.6 Å². The van der Waals surface area contributed by atoms with Crippen molar-refractivity contribution in [1.29, 1.82) is 0 Å². The van der Waals surface area contributed by atoms with Crippen LogP contribution in [0.3, 0.4) is 0 Å². The van der Waals surface area contributed by atoms with Gasteiger partial charge < -0.3 is 14.9 Å². The largest absolute Gasteiger partial charge is 0.507 e. The summed E-state index contributed by atoms with van der Waals surface area (Å²) in [6.07, 6.45) is 6.10. The Labute approximate surface area is 181 Å². The van der Waals surface area contributed by atoms with Crippen LogP contribution in [0, 0.1) is 0 Å². The molecule has 4 rings (SSSR count). The Balaban J connectivity index is 1.84. The van der Waals surface area contributed by atoms with Gasteiger partial charge in [-0.15, -0.1) is 0 Å². The number of phenolic OH excluding ortho intramolecular Hbond substituents is 1. The summed E-state index contributed by atoms with van der Waals surface area (Å²) in [4.78, 5) is 37.9. The molecule has 7 heteroatoms. The Morgan fingerprint density at radius 3 is 2.39 bits per heavy atom. The Morgan fingerprint density at radius 1 is 0.968 bits per heavy atom. The molecule has 0 bridgehead atoms. The van der Waals surface area contributed by atoms with Crippen molar-refractivity contribution in [2.75, 3.05) is 41.3 Å². The van der Waals surface area contributed by atoms with E-state index in [0.29, 0.717) is 46.2 Å². The summed E-state index contributed by atoms with van der Waals surface area (Å²) < 4.78 is 0. The van der Waals surface area contributed by atoms with Crippen molar-refractivity contribution in [2.45, 2.75) is 12.8 Å². The van der Waals surface area contributed by atoms with Gasteiger partial charge in [0.2, 0.25) is 0 Å². The number of carbonyl (C=O) groups is 2. The van der Waals surface area contributed by atoms with Crippen LogP contribution in [0.5, 0.6) is 5.75 Å². The zero-order valence-corrected chi connectivity index (χ0v) is 18.3. The number of rotatable bonds is 6. The molecule has 1 amide bonds. The minimum atomic E-state index is -0.372. The lowest BCUT2D eigenvalue weighted by atomic mass is 9.88. The van der Waals surface area contributed by atoms with Crippen LogP contribution in [-0.4, -0.2) is 73.6 Å². The van der Waals surface area contributed by atoms with Gasteiger partial charge in [0.05, 0.1) is 16.6 Å². The fourth-order valence-corrected chi connectivity index (χ4v) is 4.01. The lowest BCUT2D eigenvalue weighted by Gasteiger charge is -2.15. The van der Waals surface area contributed by atoms with Crippen molar-refractivity contribution in [3.05, 3.63) is 57.8 Å². The van der Waals surface area contributed by atoms with Crippen LogP contribution in [0.15, 0.2) is 51.6 Å². The Kier molecular flexibility index (Phi) is 5.56. The summed E-state index contributed by atoms with van der Waals surface area (Å²) in [5.41, 5.74) is 3.42. The smallest absolute Gasteiger partial charge is 0.274 e. The maximum Gasteiger partial charge on any atom is 0.274 e. The van der Waals surface area contributed by atoms with E-state index < -0.39 is 0 Å². The number of hydrogen-bond donors (Lipinski definition) is 1. The highest BCUT2D eigenvalue weighted by Gasteiger charge is 2.34. The van der Waals surface area contributed by atoms with Gasteiger partial charge in [-0.05, 0) is 70.9 Å². The average molecular weight is 418 g/mol. The molecule has 0 atom stereocenters. The first-order chi connectivity index (χ1) is 14.8. The Hall–Kier alpha value is -3.16. The van der Waals surface area contributed by atoms with E-state index in [9.17, 15) is 14.7 Å². The number of phenols is 1. The molecule has 3 aliphatic rings. The van der Waals surface area contributed by atoms with E-state index >= 15 is 0 Å². The van der Waals surface area contributed by atoms with Crippen molar-refractivity contribution in [2.24, 2.45) is 9.98 Å². The van der Waals surface area contributed by atoms with Gasteiger partial charge in [0.25, 0.3) is 5.91 Å². The van der Waals surface area contributed by atoms with Crippen molar-refractivity contribution < 1.29 is 14.7 Å². The third kappa shape index (κ3) is 3.82. The highest BCUT2D eigenvalue weighted by Crippen LogP contribution is 2.31. The zero-order valence-electron chi connectivity index (χ0n) is 18.3. The number of nitrogens with zero attached hydrogens (tertiary/aromatic N) is 4. The molecule has 7 nitrogen and oxygen atoms in total. The van der Waals surface area contributed by atoms with Crippen molar-refractivity contribution in [3.8, 4) is 5.75 Å². The highest BCUT2D eigenvalue weighted by molar-refractivity contribution is 6.49. The minimum absolute atomic E-state index is 0.106. The highest BCUT2D eigenvalue weighted by atomic mass is 16.3. The second-order valence-corrected chi connectivity index (χ2v) is 8.48. The fraction of sp³-hybridized carbons (Fsp3) is 0.333. The van der Waals surface area contributed by atoms with Crippen LogP contribution in [0.4, 0.5) is 0 Å². The second-order valence-electron chi connectivity index (χ2n) is 8.48. The molecule has 0 fully saturated rings. The van der Waals surface area contributed by atoms with Crippen molar-refractivity contribution in [3.63, 3.8) is 0 Å². The average Bonchev–Trinajstić information content (AvgIpc) is 3.27. The van der Waals surface area contributed by atoms with Gasteiger partial charge in [0.1, 0.15) is 5.75 Å². The predicted molar refractivity (Wildman–Crippen MR) is 120 cm³/mol. The van der Waals surface area contributed by atoms with Crippen LogP contribution in [0.1, 0.15) is 18.4 Å². The van der Waals surface area contributed by atoms with Crippen LogP contribution < -0.4 is 10.6 Å². The number of allylic oxidation sites excluding steroid dienone is 3. The summed E-state index contributed by atoms with van der Waals surface area (Å²) in [7, 11) is 7.84. The molecule has 0 saturated carbocycles. The Morgan fingerprint density at radius 2 is 1.68 bits per heavy atom. The normalized spacial score (nSPS) is 19.2.